The molecule has 1 radical (unpaired) electrons. The molecule has 0 aliphatic heterocycles. The van der Waals surface area contributed by atoms with Crippen LogP contribution >= 0.6 is 116 Å². The topological polar surface area (TPSA) is 40.5 Å². The second-order valence-electron chi connectivity index (χ2n) is 3.84. The number of benzene rings is 2. The third-order valence-corrected chi connectivity index (χ3v) is 6.89. The monoisotopic (exact) mass is 551 g/mol. The molecule has 25 heavy (non-hydrogen) atoms. The van der Waals surface area contributed by atoms with Crippen molar-refractivity contribution in [3.8, 4) is 11.5 Å². The van der Waals surface area contributed by atoms with Crippen LogP contribution in [-0.2, 0) is 0 Å². The van der Waals surface area contributed by atoms with Crippen molar-refractivity contribution in [3.05, 3.63) is 50.2 Å². The number of halogens is 10. The minimum Gasteiger partial charge on any atom is -0.505 e. The van der Waals surface area contributed by atoms with Gasteiger partial charge in [0.2, 0.25) is 0 Å². The van der Waals surface area contributed by atoms with Gasteiger partial charge in [-0.15, -0.1) is 0 Å². The van der Waals surface area contributed by atoms with E-state index in [2.05, 4.69) is 0 Å². The summed E-state index contributed by atoms with van der Waals surface area (Å²) < 4.78 is 0. The molecular weight excluding hydrogens is 554 g/mol. The van der Waals surface area contributed by atoms with E-state index in [1.54, 1.807) is 0 Å². The summed E-state index contributed by atoms with van der Waals surface area (Å²) in [5.41, 5.74) is 0. The van der Waals surface area contributed by atoms with E-state index in [0.29, 0.717) is 0 Å². The van der Waals surface area contributed by atoms with Gasteiger partial charge in [-0.25, -0.2) is 0 Å². The average molecular weight is 556 g/mol. The molecule has 2 N–H and O–H groups in total. The van der Waals surface area contributed by atoms with Crippen LogP contribution in [0.15, 0.2) is 0 Å². The molecule has 0 saturated carbocycles. The predicted octanol–water partition coefficient (Wildman–Crippen LogP) is 8.94. The van der Waals surface area contributed by atoms with Gasteiger partial charge in [0, 0.05) is 29.6 Å². The van der Waals surface area contributed by atoms with Crippen LogP contribution in [0.1, 0.15) is 0 Å². The van der Waals surface area contributed by atoms with Crippen LogP contribution in [-0.4, -0.2) is 39.8 Å². The molecule has 133 valence electrons. The third-order valence-electron chi connectivity index (χ3n) is 2.37. The zero-order valence-corrected chi connectivity index (χ0v) is 21.2. The molecule has 0 aliphatic carbocycles. The maximum absolute atomic E-state index is 9.20. The quantitative estimate of drug-likeness (QED) is 0.194. The number of hydrogen-bond acceptors (Lipinski definition) is 2. The number of phenolic OH excluding ortho intramolecular Hbond substituents is 2. The summed E-state index contributed by atoms with van der Waals surface area (Å²) in [6.07, 6.45) is 0. The molecule has 2 aromatic rings. The Morgan fingerprint density at radius 1 is 0.320 bits per heavy atom. The van der Waals surface area contributed by atoms with Gasteiger partial charge in [0.1, 0.15) is 20.1 Å². The van der Waals surface area contributed by atoms with E-state index in [1.807, 2.05) is 0 Å². The van der Waals surface area contributed by atoms with Gasteiger partial charge >= 0.3 is 0 Å². The molecule has 2 rings (SSSR count). The van der Waals surface area contributed by atoms with E-state index in [0.717, 1.165) is 0 Å². The SMILES string of the molecule is Oc1c(Cl)c(Cl)c(Cl)c(Cl)c1Cl.Oc1c(Cl)c(Cl)c(Cl)c(Cl)c1Cl.[Na]. The van der Waals surface area contributed by atoms with Gasteiger partial charge in [0.05, 0.1) is 30.1 Å². The smallest absolute Gasteiger partial charge is 0.155 e. The van der Waals surface area contributed by atoms with Crippen molar-refractivity contribution >= 4 is 146 Å². The Hall–Kier alpha value is 1.94. The standard InChI is InChI=1S/2C6HCl5O.Na/c2*7-1-2(8)4(10)6(12)5(11)3(1)9;/h2*12H;. The van der Waals surface area contributed by atoms with Crippen LogP contribution in [0.4, 0.5) is 0 Å². The van der Waals surface area contributed by atoms with Crippen LogP contribution in [0.25, 0.3) is 0 Å². The van der Waals surface area contributed by atoms with Gasteiger partial charge in [-0.1, -0.05) is 116 Å². The van der Waals surface area contributed by atoms with Crippen molar-refractivity contribution in [1.82, 2.24) is 0 Å². The zero-order chi connectivity index (χ0) is 18.9. The molecule has 0 fully saturated rings. The molecule has 0 aliphatic rings. The van der Waals surface area contributed by atoms with E-state index >= 15 is 0 Å². The number of rotatable bonds is 0. The molecule has 0 atom stereocenters. The first-order valence-corrected chi connectivity index (χ1v) is 9.12. The van der Waals surface area contributed by atoms with Gasteiger partial charge in [-0.3, -0.25) is 0 Å². The van der Waals surface area contributed by atoms with Crippen LogP contribution < -0.4 is 0 Å². The number of aromatic hydroxyl groups is 2. The fourth-order valence-corrected chi connectivity index (χ4v) is 3.44. The van der Waals surface area contributed by atoms with E-state index in [1.165, 1.54) is 0 Å². The Labute approximate surface area is 215 Å². The first-order chi connectivity index (χ1) is 10.9. The Bertz CT molecular complexity index is 534. The zero-order valence-electron chi connectivity index (χ0n) is 11.7. The van der Waals surface area contributed by atoms with Crippen molar-refractivity contribution in [2.24, 2.45) is 0 Å². The fourth-order valence-electron chi connectivity index (χ4n) is 1.19. The average Bonchev–Trinajstić information content (AvgIpc) is 2.58. The minimum absolute atomic E-state index is 0. The molecule has 2 nitrogen and oxygen atoms in total. The maximum Gasteiger partial charge on any atom is 0.155 e. The Morgan fingerprint density at radius 2 is 0.440 bits per heavy atom. The summed E-state index contributed by atoms with van der Waals surface area (Å²) in [6.45, 7) is 0. The molecule has 0 aromatic heterocycles. The van der Waals surface area contributed by atoms with Crippen LogP contribution in [0.5, 0.6) is 11.5 Å². The molecular formula is C12H2Cl10NaO2. The second-order valence-corrected chi connectivity index (χ2v) is 7.62. The van der Waals surface area contributed by atoms with Gasteiger partial charge in [-0.2, -0.15) is 0 Å². The Morgan fingerprint density at radius 3 is 0.600 bits per heavy atom. The van der Waals surface area contributed by atoms with Crippen molar-refractivity contribution in [2.75, 3.05) is 0 Å². The van der Waals surface area contributed by atoms with Crippen molar-refractivity contribution in [2.45, 2.75) is 0 Å². The first kappa shape index (κ1) is 26.9. The largest absolute Gasteiger partial charge is 0.505 e. The predicted molar refractivity (Wildman–Crippen MR) is 112 cm³/mol. The van der Waals surface area contributed by atoms with Crippen LogP contribution in [0, 0.1) is 0 Å². The molecule has 0 bridgehead atoms. The first-order valence-electron chi connectivity index (χ1n) is 5.34. The van der Waals surface area contributed by atoms with Crippen molar-refractivity contribution in [1.29, 1.82) is 0 Å². The summed E-state index contributed by atoms with van der Waals surface area (Å²) in [5.74, 6) is -0.726. The summed E-state index contributed by atoms with van der Waals surface area (Å²) in [4.78, 5) is 0. The number of hydrogen-bond donors (Lipinski definition) is 2. The Kier molecular flexibility index (Phi) is 12.1. The molecule has 0 saturated heterocycles. The summed E-state index contributed by atoms with van der Waals surface area (Å²) in [6, 6.07) is 0. The van der Waals surface area contributed by atoms with E-state index < -0.39 is 0 Å². The molecule has 0 amide bonds. The van der Waals surface area contributed by atoms with Gasteiger partial charge < -0.3 is 10.2 Å². The van der Waals surface area contributed by atoms with Crippen molar-refractivity contribution in [3.63, 3.8) is 0 Å². The third kappa shape index (κ3) is 5.96. The number of phenols is 2. The molecule has 0 spiro atoms. The molecule has 0 heterocycles. The second kappa shape index (κ2) is 11.2. The summed E-state index contributed by atoms with van der Waals surface area (Å²) in [5, 5.41) is 18.0. The van der Waals surface area contributed by atoms with E-state index in [4.69, 9.17) is 116 Å². The maximum atomic E-state index is 9.20. The van der Waals surface area contributed by atoms with Gasteiger partial charge in [0.15, 0.2) is 11.5 Å². The van der Waals surface area contributed by atoms with E-state index in [9.17, 15) is 10.2 Å². The minimum atomic E-state index is -0.363. The normalized spacial score (nSPS) is 10.0. The summed E-state index contributed by atoms with van der Waals surface area (Å²) >= 11 is 55.8. The summed E-state index contributed by atoms with van der Waals surface area (Å²) in [7, 11) is 0. The van der Waals surface area contributed by atoms with Gasteiger partial charge in [0.25, 0.3) is 0 Å². The van der Waals surface area contributed by atoms with Crippen LogP contribution in [0.3, 0.4) is 0 Å². The van der Waals surface area contributed by atoms with E-state index in [-0.39, 0.29) is 91.3 Å². The molecule has 2 aromatic carbocycles. The Balaban J connectivity index is 0.000000443. The fraction of sp³-hybridized carbons (Fsp3) is 0. The molecule has 13 heteroatoms. The van der Waals surface area contributed by atoms with Crippen LogP contribution in [0.2, 0.25) is 50.2 Å². The van der Waals surface area contributed by atoms with Crippen molar-refractivity contribution < 1.29 is 10.2 Å². The van der Waals surface area contributed by atoms with Gasteiger partial charge in [-0.05, 0) is 0 Å². The molecule has 0 unspecified atom stereocenters.